The number of hydrogen-bond donors (Lipinski definition) is 3. The van der Waals surface area contributed by atoms with E-state index in [4.69, 9.17) is 10.9 Å². The molecule has 0 heterocycles. The van der Waals surface area contributed by atoms with Gasteiger partial charge < -0.3 is 16.3 Å². The van der Waals surface area contributed by atoms with Crippen LogP contribution in [0.15, 0.2) is 5.16 Å². The van der Waals surface area contributed by atoms with E-state index in [1.165, 1.54) is 0 Å². The topological polar surface area (TPSA) is 87.7 Å². The largest absolute Gasteiger partial charge is 0.411 e. The molecule has 0 bridgehead atoms. The van der Waals surface area contributed by atoms with Crippen LogP contribution in [0.4, 0.5) is 0 Å². The van der Waals surface area contributed by atoms with Crippen LogP contribution in [0.25, 0.3) is 0 Å². The molecule has 5 nitrogen and oxygen atoms in total. The minimum atomic E-state index is -0.407. The van der Waals surface area contributed by atoms with Gasteiger partial charge in [0.2, 0.25) is 0 Å². The van der Waals surface area contributed by atoms with E-state index in [9.17, 15) is 4.79 Å². The fourth-order valence-electron chi connectivity index (χ4n) is 0.412. The summed E-state index contributed by atoms with van der Waals surface area (Å²) in [6, 6.07) is 0. The van der Waals surface area contributed by atoms with Crippen molar-refractivity contribution in [2.45, 2.75) is 6.42 Å². The highest BCUT2D eigenvalue weighted by Crippen LogP contribution is 1.68. The van der Waals surface area contributed by atoms with Gasteiger partial charge in [0.05, 0.1) is 0 Å². The lowest BCUT2D eigenvalue weighted by atomic mass is 10.4. The maximum Gasteiger partial charge on any atom is 0.265 e. The van der Waals surface area contributed by atoms with Crippen LogP contribution in [0.1, 0.15) is 6.42 Å². The third-order valence-corrected chi connectivity index (χ3v) is 0.855. The minimum absolute atomic E-state index is 0. The minimum Gasteiger partial charge on any atom is -0.411 e. The molecular formula is C5H12ClN3O2. The Labute approximate surface area is 71.0 Å². The average molecular weight is 182 g/mol. The van der Waals surface area contributed by atoms with Gasteiger partial charge >= 0.3 is 0 Å². The van der Waals surface area contributed by atoms with Crippen molar-refractivity contribution in [3.05, 3.63) is 0 Å². The second-order valence-corrected chi connectivity index (χ2v) is 1.68. The molecular weight excluding hydrogens is 170 g/mol. The van der Waals surface area contributed by atoms with E-state index in [0.717, 1.165) is 12.6 Å². The van der Waals surface area contributed by atoms with Crippen molar-refractivity contribution in [3.63, 3.8) is 0 Å². The molecule has 0 radical (unpaired) electrons. The summed E-state index contributed by atoms with van der Waals surface area (Å²) in [7, 11) is 0. The zero-order valence-corrected chi connectivity index (χ0v) is 6.80. The molecule has 0 spiro atoms. The molecule has 4 N–H and O–H groups in total. The molecule has 0 unspecified atom stereocenters. The standard InChI is InChI=1S/C5H11N3O2.ClH/c6-2-1-3-7-5(9)4-8-10;/h4,10H,1-3,6H2,(H,7,9);1H/b8-4+;. The number of carbonyl (C=O) groups excluding carboxylic acids is 1. The molecule has 0 aromatic carbocycles. The van der Waals surface area contributed by atoms with E-state index in [1.54, 1.807) is 0 Å². The van der Waals surface area contributed by atoms with Crippen LogP contribution in [0.5, 0.6) is 0 Å². The Morgan fingerprint density at radius 1 is 1.73 bits per heavy atom. The number of nitrogens with one attached hydrogen (secondary N) is 1. The summed E-state index contributed by atoms with van der Waals surface area (Å²) in [5.74, 6) is -0.407. The Hall–Kier alpha value is -0.810. The highest BCUT2D eigenvalue weighted by Gasteiger charge is 1.92. The highest BCUT2D eigenvalue weighted by atomic mass is 35.5. The van der Waals surface area contributed by atoms with Gasteiger partial charge in [0.25, 0.3) is 5.91 Å². The lowest BCUT2D eigenvalue weighted by molar-refractivity contribution is -0.114. The van der Waals surface area contributed by atoms with E-state index < -0.39 is 5.91 Å². The van der Waals surface area contributed by atoms with Crippen LogP contribution in [0, 0.1) is 0 Å². The molecule has 0 aliphatic rings. The van der Waals surface area contributed by atoms with Crippen molar-refractivity contribution in [2.24, 2.45) is 10.9 Å². The van der Waals surface area contributed by atoms with Crippen LogP contribution in [-0.2, 0) is 4.79 Å². The monoisotopic (exact) mass is 181 g/mol. The van der Waals surface area contributed by atoms with Crippen molar-refractivity contribution in [2.75, 3.05) is 13.1 Å². The number of oxime groups is 1. The summed E-state index contributed by atoms with van der Waals surface area (Å²) in [6.45, 7) is 1.05. The fourth-order valence-corrected chi connectivity index (χ4v) is 0.412. The highest BCUT2D eigenvalue weighted by molar-refractivity contribution is 6.25. The van der Waals surface area contributed by atoms with Gasteiger partial charge in [-0.1, -0.05) is 5.16 Å². The van der Waals surface area contributed by atoms with Gasteiger partial charge in [0, 0.05) is 6.54 Å². The summed E-state index contributed by atoms with van der Waals surface area (Å²) in [6.07, 6.45) is 1.53. The molecule has 0 atom stereocenters. The Kier molecular flexibility index (Phi) is 10.7. The first-order chi connectivity index (χ1) is 4.81. The molecule has 0 aromatic heterocycles. The second kappa shape index (κ2) is 9.19. The predicted molar refractivity (Wildman–Crippen MR) is 44.2 cm³/mol. The van der Waals surface area contributed by atoms with Crippen LogP contribution in [-0.4, -0.2) is 30.4 Å². The summed E-state index contributed by atoms with van der Waals surface area (Å²) >= 11 is 0. The van der Waals surface area contributed by atoms with Crippen molar-refractivity contribution in [1.82, 2.24) is 5.32 Å². The Morgan fingerprint density at radius 2 is 2.36 bits per heavy atom. The number of halogens is 1. The summed E-state index contributed by atoms with van der Waals surface area (Å²) < 4.78 is 0. The summed E-state index contributed by atoms with van der Waals surface area (Å²) in [4.78, 5) is 10.5. The van der Waals surface area contributed by atoms with E-state index in [2.05, 4.69) is 10.5 Å². The van der Waals surface area contributed by atoms with Gasteiger partial charge in [-0.3, -0.25) is 4.79 Å². The van der Waals surface area contributed by atoms with Gasteiger partial charge in [0.15, 0.2) is 0 Å². The quantitative estimate of drug-likeness (QED) is 0.233. The molecule has 0 aliphatic carbocycles. The zero-order chi connectivity index (χ0) is 7.82. The van der Waals surface area contributed by atoms with Gasteiger partial charge in [-0.25, -0.2) is 0 Å². The molecule has 0 saturated carbocycles. The Bertz CT molecular complexity index is 129. The summed E-state index contributed by atoms with van der Waals surface area (Å²) in [5.41, 5.74) is 5.15. The van der Waals surface area contributed by atoms with Crippen LogP contribution in [0.2, 0.25) is 0 Å². The first-order valence-corrected chi connectivity index (χ1v) is 2.96. The van der Waals surface area contributed by atoms with Crippen LogP contribution in [0.3, 0.4) is 0 Å². The Morgan fingerprint density at radius 3 is 2.82 bits per heavy atom. The smallest absolute Gasteiger partial charge is 0.265 e. The molecule has 0 aliphatic heterocycles. The van der Waals surface area contributed by atoms with Gasteiger partial charge in [-0.2, -0.15) is 0 Å². The normalized spacial score (nSPS) is 9.18. The maximum atomic E-state index is 10.5. The van der Waals surface area contributed by atoms with E-state index in [0.29, 0.717) is 13.1 Å². The van der Waals surface area contributed by atoms with E-state index >= 15 is 0 Å². The first-order valence-electron chi connectivity index (χ1n) is 2.96. The number of hydrogen-bond acceptors (Lipinski definition) is 4. The van der Waals surface area contributed by atoms with E-state index in [1.807, 2.05) is 0 Å². The Balaban J connectivity index is 0. The lowest BCUT2D eigenvalue weighted by Crippen LogP contribution is -2.26. The van der Waals surface area contributed by atoms with Gasteiger partial charge in [-0.15, -0.1) is 12.4 Å². The van der Waals surface area contributed by atoms with Gasteiger partial charge in [0.1, 0.15) is 6.21 Å². The third kappa shape index (κ3) is 9.19. The van der Waals surface area contributed by atoms with Crippen LogP contribution >= 0.6 is 12.4 Å². The number of nitrogens with zero attached hydrogens (tertiary/aromatic N) is 1. The van der Waals surface area contributed by atoms with E-state index in [-0.39, 0.29) is 12.4 Å². The maximum absolute atomic E-state index is 10.5. The summed E-state index contributed by atoms with van der Waals surface area (Å²) in [5, 5.41) is 12.9. The predicted octanol–water partition coefficient (Wildman–Crippen LogP) is -0.667. The second-order valence-electron chi connectivity index (χ2n) is 1.68. The van der Waals surface area contributed by atoms with Crippen molar-refractivity contribution < 1.29 is 10.0 Å². The van der Waals surface area contributed by atoms with Crippen LogP contribution < -0.4 is 11.1 Å². The number of nitrogens with two attached hydrogens (primary N) is 1. The molecule has 11 heavy (non-hydrogen) atoms. The number of amides is 1. The van der Waals surface area contributed by atoms with Crippen molar-refractivity contribution >= 4 is 24.5 Å². The fraction of sp³-hybridized carbons (Fsp3) is 0.600. The lowest BCUT2D eigenvalue weighted by Gasteiger charge is -1.96. The number of rotatable bonds is 4. The molecule has 66 valence electrons. The van der Waals surface area contributed by atoms with Crippen molar-refractivity contribution in [1.29, 1.82) is 0 Å². The number of carbonyl (C=O) groups is 1. The molecule has 0 saturated heterocycles. The molecule has 0 fully saturated rings. The average Bonchev–Trinajstić information content (AvgIpc) is 1.89. The zero-order valence-electron chi connectivity index (χ0n) is 5.99. The first kappa shape index (κ1) is 12.8. The molecule has 1 amide bonds. The molecule has 0 aromatic rings. The van der Waals surface area contributed by atoms with Gasteiger partial charge in [-0.05, 0) is 13.0 Å². The molecule has 6 heteroatoms. The van der Waals surface area contributed by atoms with Crippen molar-refractivity contribution in [3.8, 4) is 0 Å². The SMILES string of the molecule is Cl.NCCCNC(=O)/C=N/O. The molecule has 0 rings (SSSR count). The third-order valence-electron chi connectivity index (χ3n) is 0.855.